The molecule has 1 fully saturated rings. The molecule has 0 bridgehead atoms. The summed E-state index contributed by atoms with van der Waals surface area (Å²) in [4.78, 5) is 23.0. The van der Waals surface area contributed by atoms with Crippen LogP contribution in [0.15, 0.2) is 18.9 Å². The van der Waals surface area contributed by atoms with Crippen LogP contribution in [0.3, 0.4) is 0 Å². The number of amides is 1. The fourth-order valence-electron chi connectivity index (χ4n) is 3.40. The van der Waals surface area contributed by atoms with Crippen LogP contribution in [0.1, 0.15) is 13.8 Å². The van der Waals surface area contributed by atoms with E-state index in [1.54, 1.807) is 17.2 Å². The van der Waals surface area contributed by atoms with Gasteiger partial charge in [-0.2, -0.15) is 5.10 Å². The second-order valence-electron chi connectivity index (χ2n) is 6.82. The van der Waals surface area contributed by atoms with Crippen molar-refractivity contribution >= 4 is 22.8 Å². The van der Waals surface area contributed by atoms with Gasteiger partial charge in [-0.15, -0.1) is 5.10 Å². The lowest BCUT2D eigenvalue weighted by molar-refractivity contribution is -0.121. The van der Waals surface area contributed by atoms with Gasteiger partial charge in [0.15, 0.2) is 5.65 Å². The van der Waals surface area contributed by atoms with Gasteiger partial charge in [-0.3, -0.25) is 4.79 Å². The molecule has 0 saturated carbocycles. The average molecular weight is 386 g/mol. The normalized spacial score (nSPS) is 19.9. The van der Waals surface area contributed by atoms with Crippen molar-refractivity contribution in [1.82, 2.24) is 45.3 Å². The highest BCUT2D eigenvalue weighted by Gasteiger charge is 2.25. The number of hydrogen-bond donors (Lipinski definition) is 1. The first kappa shape index (κ1) is 18.2. The highest BCUT2D eigenvalue weighted by atomic mass is 16.5. The summed E-state index contributed by atoms with van der Waals surface area (Å²) in [6, 6.07) is 0. The molecular weight excluding hydrogens is 364 g/mol. The minimum atomic E-state index is -0.171. The second-order valence-corrected chi connectivity index (χ2v) is 6.82. The summed E-state index contributed by atoms with van der Waals surface area (Å²) in [5.41, 5.74) is 0.742. The molecule has 0 spiro atoms. The molecule has 1 aliphatic rings. The molecule has 0 radical (unpaired) electrons. The highest BCUT2D eigenvalue weighted by molar-refractivity contribution is 5.86. The van der Waals surface area contributed by atoms with Gasteiger partial charge in [0.1, 0.15) is 25.0 Å². The van der Waals surface area contributed by atoms with Crippen LogP contribution >= 0.6 is 0 Å². The molecule has 2 atom stereocenters. The van der Waals surface area contributed by atoms with Crippen LogP contribution in [0.5, 0.6) is 0 Å². The van der Waals surface area contributed by atoms with E-state index in [1.807, 2.05) is 0 Å². The molecule has 12 nitrogen and oxygen atoms in total. The zero-order valence-electron chi connectivity index (χ0n) is 15.8. The number of tetrazole rings is 1. The van der Waals surface area contributed by atoms with Crippen LogP contribution in [0.2, 0.25) is 0 Å². The van der Waals surface area contributed by atoms with Gasteiger partial charge in [0, 0.05) is 19.6 Å². The van der Waals surface area contributed by atoms with Crippen LogP contribution in [0.25, 0.3) is 11.0 Å². The minimum Gasteiger partial charge on any atom is -0.372 e. The highest BCUT2D eigenvalue weighted by Crippen LogP contribution is 2.25. The molecule has 3 aromatic rings. The van der Waals surface area contributed by atoms with E-state index in [9.17, 15) is 4.79 Å². The van der Waals surface area contributed by atoms with Gasteiger partial charge in [0.2, 0.25) is 5.91 Å². The summed E-state index contributed by atoms with van der Waals surface area (Å²) >= 11 is 0. The third kappa shape index (κ3) is 3.91. The standard InChI is InChI=1S/C16H22N10O2/c1-11-6-24(7-12(2)28-11)15-13-5-21-26(16(13)19-9-18-15)4-3-17-14(27)8-25-10-20-22-23-25/h5,9-12H,3-4,6-8H2,1-2H3,(H,17,27). The number of ether oxygens (including phenoxy) is 1. The molecule has 2 unspecified atom stereocenters. The Balaban J connectivity index is 1.42. The first-order valence-corrected chi connectivity index (χ1v) is 9.14. The molecule has 1 amide bonds. The molecule has 4 heterocycles. The summed E-state index contributed by atoms with van der Waals surface area (Å²) in [6.45, 7) is 6.65. The lowest BCUT2D eigenvalue weighted by Crippen LogP contribution is -2.45. The van der Waals surface area contributed by atoms with Crippen molar-refractivity contribution in [1.29, 1.82) is 0 Å². The van der Waals surface area contributed by atoms with Crippen LogP contribution < -0.4 is 10.2 Å². The molecule has 1 saturated heterocycles. The van der Waals surface area contributed by atoms with E-state index in [4.69, 9.17) is 4.74 Å². The Kier molecular flexibility index (Phi) is 5.10. The van der Waals surface area contributed by atoms with Gasteiger partial charge in [-0.25, -0.2) is 19.3 Å². The summed E-state index contributed by atoms with van der Waals surface area (Å²) in [7, 11) is 0. The average Bonchev–Trinajstić information content (AvgIpc) is 3.31. The number of nitrogens with one attached hydrogen (secondary N) is 1. The number of fused-ring (bicyclic) bond motifs is 1. The smallest absolute Gasteiger partial charge is 0.241 e. The quantitative estimate of drug-likeness (QED) is 0.581. The van der Waals surface area contributed by atoms with Crippen molar-refractivity contribution in [2.24, 2.45) is 0 Å². The van der Waals surface area contributed by atoms with Gasteiger partial charge >= 0.3 is 0 Å². The molecule has 4 rings (SSSR count). The molecule has 0 aliphatic carbocycles. The van der Waals surface area contributed by atoms with Gasteiger partial charge in [-0.1, -0.05) is 0 Å². The maximum atomic E-state index is 11.9. The molecular formula is C16H22N10O2. The summed E-state index contributed by atoms with van der Waals surface area (Å²) < 4.78 is 8.94. The van der Waals surface area contributed by atoms with E-state index < -0.39 is 0 Å². The third-order valence-corrected chi connectivity index (χ3v) is 4.47. The summed E-state index contributed by atoms with van der Waals surface area (Å²) in [5.74, 6) is 0.691. The van der Waals surface area contributed by atoms with E-state index in [-0.39, 0.29) is 24.7 Å². The minimum absolute atomic E-state index is 0.0760. The number of morpholine rings is 1. The van der Waals surface area contributed by atoms with Gasteiger partial charge in [-0.05, 0) is 24.3 Å². The molecule has 1 N–H and O–H groups in total. The number of aromatic nitrogens is 8. The Labute approximate surface area is 160 Å². The Morgan fingerprint density at radius 2 is 2.11 bits per heavy atom. The van der Waals surface area contributed by atoms with Crippen molar-refractivity contribution in [2.45, 2.75) is 39.1 Å². The molecule has 28 heavy (non-hydrogen) atoms. The fourth-order valence-corrected chi connectivity index (χ4v) is 3.40. The van der Waals surface area contributed by atoms with E-state index >= 15 is 0 Å². The maximum Gasteiger partial charge on any atom is 0.241 e. The molecule has 0 aromatic carbocycles. The Morgan fingerprint density at radius 3 is 2.86 bits per heavy atom. The number of rotatable bonds is 6. The first-order chi connectivity index (χ1) is 13.6. The Hall–Kier alpha value is -3.15. The van der Waals surface area contributed by atoms with E-state index in [2.05, 4.69) is 54.7 Å². The number of carbonyl (C=O) groups is 1. The monoisotopic (exact) mass is 386 g/mol. The van der Waals surface area contributed by atoms with Gasteiger partial charge in [0.05, 0.1) is 30.3 Å². The maximum absolute atomic E-state index is 11.9. The van der Waals surface area contributed by atoms with Crippen molar-refractivity contribution in [2.75, 3.05) is 24.5 Å². The predicted octanol–water partition coefficient (Wildman–Crippen LogP) is -0.757. The summed E-state index contributed by atoms with van der Waals surface area (Å²) in [5, 5.41) is 18.8. The topological polar surface area (TPSA) is 129 Å². The SMILES string of the molecule is CC1CN(c2ncnc3c2cnn3CCNC(=O)Cn2cnnn2)CC(C)O1. The van der Waals surface area contributed by atoms with E-state index in [0.29, 0.717) is 13.1 Å². The van der Waals surface area contributed by atoms with Crippen molar-refractivity contribution in [3.8, 4) is 0 Å². The third-order valence-electron chi connectivity index (χ3n) is 4.47. The number of nitrogens with zero attached hydrogens (tertiary/aromatic N) is 9. The zero-order valence-corrected chi connectivity index (χ0v) is 15.8. The van der Waals surface area contributed by atoms with Gasteiger partial charge < -0.3 is 15.0 Å². The lowest BCUT2D eigenvalue weighted by Gasteiger charge is -2.36. The van der Waals surface area contributed by atoms with Crippen LogP contribution in [-0.4, -0.2) is 77.7 Å². The lowest BCUT2D eigenvalue weighted by atomic mass is 10.2. The van der Waals surface area contributed by atoms with Crippen LogP contribution in [0.4, 0.5) is 5.82 Å². The van der Waals surface area contributed by atoms with Crippen molar-refractivity contribution < 1.29 is 9.53 Å². The van der Waals surface area contributed by atoms with Crippen molar-refractivity contribution in [3.63, 3.8) is 0 Å². The molecule has 148 valence electrons. The number of carbonyl (C=O) groups excluding carboxylic acids is 1. The molecule has 3 aromatic heterocycles. The van der Waals surface area contributed by atoms with Crippen molar-refractivity contribution in [3.05, 3.63) is 18.9 Å². The van der Waals surface area contributed by atoms with Crippen LogP contribution in [0, 0.1) is 0 Å². The Bertz CT molecular complexity index is 930. The number of anilines is 1. The Morgan fingerprint density at radius 1 is 1.29 bits per heavy atom. The van der Waals surface area contributed by atoms with E-state index in [0.717, 1.165) is 29.9 Å². The van der Waals surface area contributed by atoms with Crippen LogP contribution in [-0.2, 0) is 22.6 Å². The molecule has 12 heteroatoms. The van der Waals surface area contributed by atoms with E-state index in [1.165, 1.54) is 11.0 Å². The van der Waals surface area contributed by atoms with Gasteiger partial charge in [0.25, 0.3) is 0 Å². The molecule has 1 aliphatic heterocycles. The zero-order chi connectivity index (χ0) is 19.5. The predicted molar refractivity (Wildman–Crippen MR) is 98.4 cm³/mol. The second kappa shape index (κ2) is 7.84. The first-order valence-electron chi connectivity index (χ1n) is 9.14. The fraction of sp³-hybridized carbons (Fsp3) is 0.562. The number of hydrogen-bond acceptors (Lipinski definition) is 9. The summed E-state index contributed by atoms with van der Waals surface area (Å²) in [6.07, 6.45) is 5.00. The largest absolute Gasteiger partial charge is 0.372 e.